The second-order valence-corrected chi connectivity index (χ2v) is 8.43. The maximum absolute atomic E-state index is 12.7. The van der Waals surface area contributed by atoms with Gasteiger partial charge in [-0.15, -0.1) is 0 Å². The second-order valence-electron chi connectivity index (χ2n) is 8.43. The monoisotopic (exact) mass is 405 g/mol. The number of nitrogens with one attached hydrogen (secondary N) is 1. The highest BCUT2D eigenvalue weighted by Crippen LogP contribution is 2.23. The Morgan fingerprint density at radius 3 is 2.80 bits per heavy atom. The van der Waals surface area contributed by atoms with Crippen LogP contribution in [-0.4, -0.2) is 51.7 Å². The molecule has 156 valence electrons. The standard InChI is InChI=1S/C23H27N5O2/c1-15-11-28(12-16(2)30-15)23-25-20-14-27(10-8-19(20)22(29)26-23)13-18-6-3-5-17-7-4-9-24-21(17)18/h3-7,9,15-16H,8,10-14H2,1-2H3,(H,25,26,29)/t15-,16-/m1/s1. The molecule has 30 heavy (non-hydrogen) atoms. The minimum atomic E-state index is -0.00623. The summed E-state index contributed by atoms with van der Waals surface area (Å²) in [5.41, 5.74) is 3.95. The van der Waals surface area contributed by atoms with Gasteiger partial charge < -0.3 is 9.64 Å². The van der Waals surface area contributed by atoms with Crippen molar-refractivity contribution in [2.24, 2.45) is 0 Å². The average molecular weight is 406 g/mol. The van der Waals surface area contributed by atoms with Crippen LogP contribution in [0.5, 0.6) is 0 Å². The van der Waals surface area contributed by atoms with E-state index in [-0.39, 0.29) is 17.8 Å². The number of aromatic nitrogens is 3. The summed E-state index contributed by atoms with van der Waals surface area (Å²) < 4.78 is 5.82. The molecule has 0 amide bonds. The minimum Gasteiger partial charge on any atom is -0.372 e. The molecule has 3 aromatic rings. The predicted octanol–water partition coefficient (Wildman–Crippen LogP) is 2.49. The lowest BCUT2D eigenvalue weighted by atomic mass is 10.0. The first-order valence-electron chi connectivity index (χ1n) is 10.6. The molecule has 1 saturated heterocycles. The Bertz CT molecular complexity index is 1110. The number of morpholine rings is 1. The van der Waals surface area contributed by atoms with Crippen molar-refractivity contribution in [3.63, 3.8) is 0 Å². The fourth-order valence-electron chi connectivity index (χ4n) is 4.65. The molecular formula is C23H27N5O2. The normalized spacial score (nSPS) is 22.3. The largest absolute Gasteiger partial charge is 0.372 e. The number of benzene rings is 1. The number of hydrogen-bond acceptors (Lipinski definition) is 6. The molecule has 0 saturated carbocycles. The first-order valence-corrected chi connectivity index (χ1v) is 10.6. The number of H-pyrrole nitrogens is 1. The summed E-state index contributed by atoms with van der Waals surface area (Å²) in [7, 11) is 0. The maximum Gasteiger partial charge on any atom is 0.255 e. The highest BCUT2D eigenvalue weighted by molar-refractivity contribution is 5.81. The lowest BCUT2D eigenvalue weighted by Crippen LogP contribution is -2.47. The van der Waals surface area contributed by atoms with Crippen molar-refractivity contribution in [3.8, 4) is 0 Å². The van der Waals surface area contributed by atoms with Crippen LogP contribution in [0.25, 0.3) is 10.9 Å². The number of nitrogens with zero attached hydrogens (tertiary/aromatic N) is 4. The first-order chi connectivity index (χ1) is 14.6. The highest BCUT2D eigenvalue weighted by atomic mass is 16.5. The van der Waals surface area contributed by atoms with Crippen LogP contribution in [-0.2, 0) is 24.2 Å². The van der Waals surface area contributed by atoms with Crippen molar-refractivity contribution in [2.45, 2.75) is 45.6 Å². The van der Waals surface area contributed by atoms with Gasteiger partial charge in [-0.1, -0.05) is 24.3 Å². The number of pyridine rings is 1. The van der Waals surface area contributed by atoms with E-state index in [0.717, 1.165) is 48.3 Å². The van der Waals surface area contributed by atoms with E-state index in [1.807, 2.05) is 12.3 Å². The molecule has 2 aliphatic heterocycles. The molecule has 0 radical (unpaired) electrons. The summed E-state index contributed by atoms with van der Waals surface area (Å²) in [6.07, 6.45) is 2.79. The van der Waals surface area contributed by atoms with E-state index in [4.69, 9.17) is 9.72 Å². The smallest absolute Gasteiger partial charge is 0.255 e. The summed E-state index contributed by atoms with van der Waals surface area (Å²) in [5.74, 6) is 0.662. The zero-order valence-corrected chi connectivity index (χ0v) is 17.5. The molecule has 0 aliphatic carbocycles. The number of para-hydroxylation sites is 1. The summed E-state index contributed by atoms with van der Waals surface area (Å²) in [6.45, 7) is 7.88. The van der Waals surface area contributed by atoms with Gasteiger partial charge in [0, 0.05) is 49.9 Å². The van der Waals surface area contributed by atoms with Crippen LogP contribution in [0.3, 0.4) is 0 Å². The molecule has 5 rings (SSSR count). The van der Waals surface area contributed by atoms with Gasteiger partial charge in [0.15, 0.2) is 0 Å². The summed E-state index contributed by atoms with van der Waals surface area (Å²) in [4.78, 5) is 29.7. The molecular weight excluding hydrogens is 378 g/mol. The van der Waals surface area contributed by atoms with E-state index in [1.165, 1.54) is 5.56 Å². The van der Waals surface area contributed by atoms with Crippen LogP contribution in [0, 0.1) is 0 Å². The van der Waals surface area contributed by atoms with Crippen LogP contribution >= 0.6 is 0 Å². The molecule has 2 aromatic heterocycles. The van der Waals surface area contributed by atoms with Crippen molar-refractivity contribution in [1.82, 2.24) is 19.9 Å². The Kier molecular flexibility index (Phi) is 5.00. The predicted molar refractivity (Wildman–Crippen MR) is 117 cm³/mol. The minimum absolute atomic E-state index is 0.00623. The van der Waals surface area contributed by atoms with Crippen molar-refractivity contribution in [2.75, 3.05) is 24.5 Å². The summed E-state index contributed by atoms with van der Waals surface area (Å²) in [6, 6.07) is 10.4. The Morgan fingerprint density at radius 1 is 1.17 bits per heavy atom. The Morgan fingerprint density at radius 2 is 1.97 bits per heavy atom. The van der Waals surface area contributed by atoms with Gasteiger partial charge in [0.2, 0.25) is 5.95 Å². The Labute approximate surface area is 175 Å². The number of rotatable bonds is 3. The highest BCUT2D eigenvalue weighted by Gasteiger charge is 2.27. The SMILES string of the molecule is C[C@@H]1CN(c2nc3c(c(=O)[nH]2)CCN(Cc2cccc4cccnc24)C3)C[C@@H](C)O1. The topological polar surface area (TPSA) is 74.4 Å². The third kappa shape index (κ3) is 3.70. The first kappa shape index (κ1) is 19.2. The zero-order valence-electron chi connectivity index (χ0n) is 17.5. The van der Waals surface area contributed by atoms with Crippen LogP contribution in [0.2, 0.25) is 0 Å². The average Bonchev–Trinajstić information content (AvgIpc) is 2.73. The van der Waals surface area contributed by atoms with Crippen molar-refractivity contribution in [1.29, 1.82) is 0 Å². The number of ether oxygens (including phenoxy) is 1. The third-order valence-corrected chi connectivity index (χ3v) is 5.97. The summed E-state index contributed by atoms with van der Waals surface area (Å²) >= 11 is 0. The molecule has 4 heterocycles. The molecule has 0 spiro atoms. The van der Waals surface area contributed by atoms with E-state index >= 15 is 0 Å². The van der Waals surface area contributed by atoms with Gasteiger partial charge in [0.25, 0.3) is 5.56 Å². The number of hydrogen-bond donors (Lipinski definition) is 1. The summed E-state index contributed by atoms with van der Waals surface area (Å²) in [5, 5.41) is 1.15. The van der Waals surface area contributed by atoms with Crippen molar-refractivity contribution >= 4 is 16.9 Å². The number of anilines is 1. The lowest BCUT2D eigenvalue weighted by molar-refractivity contribution is -0.00576. The lowest BCUT2D eigenvalue weighted by Gasteiger charge is -2.36. The van der Waals surface area contributed by atoms with E-state index < -0.39 is 0 Å². The van der Waals surface area contributed by atoms with Gasteiger partial charge in [-0.3, -0.25) is 19.7 Å². The quantitative estimate of drug-likeness (QED) is 0.722. The van der Waals surface area contributed by atoms with Crippen LogP contribution < -0.4 is 10.5 Å². The van der Waals surface area contributed by atoms with Gasteiger partial charge >= 0.3 is 0 Å². The number of aromatic amines is 1. The van der Waals surface area contributed by atoms with Crippen LogP contribution in [0.4, 0.5) is 5.95 Å². The van der Waals surface area contributed by atoms with Gasteiger partial charge in [-0.05, 0) is 31.9 Å². The van der Waals surface area contributed by atoms with E-state index in [1.54, 1.807) is 0 Å². The van der Waals surface area contributed by atoms with Gasteiger partial charge in [-0.25, -0.2) is 4.98 Å². The van der Waals surface area contributed by atoms with E-state index in [9.17, 15) is 4.79 Å². The molecule has 1 fully saturated rings. The molecule has 1 aromatic carbocycles. The molecule has 7 heteroatoms. The molecule has 1 N–H and O–H groups in total. The second kappa shape index (κ2) is 7.81. The zero-order chi connectivity index (χ0) is 20.7. The molecule has 0 unspecified atom stereocenters. The van der Waals surface area contributed by atoms with Gasteiger partial charge in [0.1, 0.15) is 0 Å². The van der Waals surface area contributed by atoms with Gasteiger partial charge in [-0.2, -0.15) is 0 Å². The maximum atomic E-state index is 12.7. The van der Waals surface area contributed by atoms with Crippen molar-refractivity contribution < 1.29 is 4.74 Å². The van der Waals surface area contributed by atoms with Crippen LogP contribution in [0.1, 0.15) is 30.7 Å². The fourth-order valence-corrected chi connectivity index (χ4v) is 4.65. The van der Waals surface area contributed by atoms with Crippen LogP contribution in [0.15, 0.2) is 41.3 Å². The van der Waals surface area contributed by atoms with E-state index in [2.05, 4.69) is 57.9 Å². The Hall–Kier alpha value is -2.77. The number of fused-ring (bicyclic) bond motifs is 2. The molecule has 7 nitrogen and oxygen atoms in total. The third-order valence-electron chi connectivity index (χ3n) is 5.97. The molecule has 2 aliphatic rings. The Balaban J connectivity index is 1.40. The fraction of sp³-hybridized carbons (Fsp3) is 0.435. The van der Waals surface area contributed by atoms with Gasteiger partial charge in [0.05, 0.1) is 23.4 Å². The molecule has 2 atom stereocenters. The van der Waals surface area contributed by atoms with E-state index in [0.29, 0.717) is 18.9 Å². The van der Waals surface area contributed by atoms with Crippen molar-refractivity contribution in [3.05, 3.63) is 63.7 Å². The molecule has 0 bridgehead atoms.